The number of thioether (sulfide) groups is 1. The van der Waals surface area contributed by atoms with Gasteiger partial charge >= 0.3 is 0 Å². The predicted octanol–water partition coefficient (Wildman–Crippen LogP) is 4.41. The number of hydrogen-bond donors (Lipinski definition) is 0. The Morgan fingerprint density at radius 3 is 2.35 bits per heavy atom. The minimum absolute atomic E-state index is 0.0134. The quantitative estimate of drug-likeness (QED) is 0.815. The lowest BCUT2D eigenvalue weighted by Crippen LogP contribution is -1.95. The first-order chi connectivity index (χ1) is 8.27. The minimum atomic E-state index is 0.0134. The van der Waals surface area contributed by atoms with Gasteiger partial charge in [0.25, 0.3) is 0 Å². The first-order valence-corrected chi connectivity index (χ1v) is 6.59. The summed E-state index contributed by atoms with van der Waals surface area (Å²) >= 11 is 7.24. The highest BCUT2D eigenvalue weighted by Crippen LogP contribution is 2.23. The van der Waals surface area contributed by atoms with Gasteiger partial charge in [-0.1, -0.05) is 65.8 Å². The van der Waals surface area contributed by atoms with Crippen LogP contribution in [0.25, 0.3) is 0 Å². The van der Waals surface area contributed by atoms with Gasteiger partial charge < -0.3 is 0 Å². The molecule has 0 aromatic heterocycles. The highest BCUT2D eigenvalue weighted by molar-refractivity contribution is 8.13. The molecule has 1 nitrogen and oxygen atoms in total. The molecular formula is C14H11ClOS. The van der Waals surface area contributed by atoms with Crippen molar-refractivity contribution in [2.24, 2.45) is 0 Å². The Morgan fingerprint density at radius 1 is 1.00 bits per heavy atom. The van der Waals surface area contributed by atoms with E-state index in [4.69, 9.17) is 11.6 Å². The van der Waals surface area contributed by atoms with Crippen molar-refractivity contribution in [1.29, 1.82) is 0 Å². The van der Waals surface area contributed by atoms with Crippen LogP contribution in [0.1, 0.15) is 15.9 Å². The number of halogens is 1. The van der Waals surface area contributed by atoms with Crippen molar-refractivity contribution in [3.63, 3.8) is 0 Å². The fourth-order valence-corrected chi connectivity index (χ4v) is 2.53. The second-order valence-corrected chi connectivity index (χ2v) is 4.90. The molecule has 2 rings (SSSR count). The summed E-state index contributed by atoms with van der Waals surface area (Å²) in [5.74, 6) is 0.672. The molecule has 0 fully saturated rings. The largest absolute Gasteiger partial charge is 0.282 e. The van der Waals surface area contributed by atoms with Crippen LogP contribution >= 0.6 is 23.4 Å². The van der Waals surface area contributed by atoms with Gasteiger partial charge in [0.2, 0.25) is 5.12 Å². The summed E-state index contributed by atoms with van der Waals surface area (Å²) in [4.78, 5) is 11.9. The zero-order chi connectivity index (χ0) is 12.1. The van der Waals surface area contributed by atoms with Crippen molar-refractivity contribution >= 4 is 28.5 Å². The van der Waals surface area contributed by atoms with Crippen molar-refractivity contribution in [1.82, 2.24) is 0 Å². The number of benzene rings is 2. The van der Waals surface area contributed by atoms with Crippen LogP contribution in [0.3, 0.4) is 0 Å². The Labute approximate surface area is 110 Å². The maximum Gasteiger partial charge on any atom is 0.221 e. The molecule has 0 radical (unpaired) electrons. The maximum absolute atomic E-state index is 11.9. The monoisotopic (exact) mass is 262 g/mol. The van der Waals surface area contributed by atoms with Gasteiger partial charge in [-0.25, -0.2) is 0 Å². The van der Waals surface area contributed by atoms with Gasteiger partial charge in [0, 0.05) is 11.3 Å². The molecule has 0 N–H and O–H groups in total. The summed E-state index contributed by atoms with van der Waals surface area (Å²) < 4.78 is 0. The second kappa shape index (κ2) is 5.89. The first-order valence-electron chi connectivity index (χ1n) is 5.23. The zero-order valence-electron chi connectivity index (χ0n) is 9.10. The summed E-state index contributed by atoms with van der Waals surface area (Å²) in [6.45, 7) is 0. The Kier molecular flexibility index (Phi) is 4.24. The Hall–Kier alpha value is -1.25. The molecular weight excluding hydrogens is 252 g/mol. The van der Waals surface area contributed by atoms with Crippen LogP contribution in [0.2, 0.25) is 5.02 Å². The molecule has 0 saturated heterocycles. The molecule has 3 heteroatoms. The van der Waals surface area contributed by atoms with Crippen LogP contribution in [0, 0.1) is 0 Å². The normalized spacial score (nSPS) is 10.2. The van der Waals surface area contributed by atoms with Gasteiger partial charge in [-0.05, 0) is 17.7 Å². The molecule has 0 heterocycles. The molecule has 0 atom stereocenters. The lowest BCUT2D eigenvalue weighted by atomic mass is 10.2. The van der Waals surface area contributed by atoms with E-state index in [1.165, 1.54) is 11.8 Å². The fraction of sp³-hybridized carbons (Fsp3) is 0.0714. The fourth-order valence-electron chi connectivity index (χ4n) is 1.43. The third-order valence-corrected chi connectivity index (χ3v) is 3.60. The number of rotatable bonds is 3. The van der Waals surface area contributed by atoms with E-state index >= 15 is 0 Å². The standard InChI is InChI=1S/C14H11ClOS/c15-13-9-5-4-8-12(13)14(16)17-10-11-6-2-1-3-7-11/h1-9H,10H2. The van der Waals surface area contributed by atoms with Gasteiger partial charge in [0.05, 0.1) is 5.02 Å². The summed E-state index contributed by atoms with van der Waals surface area (Å²) in [7, 11) is 0. The summed E-state index contributed by atoms with van der Waals surface area (Å²) in [5.41, 5.74) is 1.72. The van der Waals surface area contributed by atoms with Crippen molar-refractivity contribution in [2.45, 2.75) is 5.75 Å². The van der Waals surface area contributed by atoms with Crippen LogP contribution in [-0.4, -0.2) is 5.12 Å². The van der Waals surface area contributed by atoms with E-state index in [0.29, 0.717) is 16.3 Å². The summed E-state index contributed by atoms with van der Waals surface area (Å²) in [6, 6.07) is 17.0. The van der Waals surface area contributed by atoms with E-state index in [9.17, 15) is 4.79 Å². The number of hydrogen-bond acceptors (Lipinski definition) is 2. The third-order valence-electron chi connectivity index (χ3n) is 2.31. The van der Waals surface area contributed by atoms with Crippen LogP contribution in [0.5, 0.6) is 0 Å². The highest BCUT2D eigenvalue weighted by atomic mass is 35.5. The predicted molar refractivity (Wildman–Crippen MR) is 73.5 cm³/mol. The summed E-state index contributed by atoms with van der Waals surface area (Å²) in [5, 5.41) is 0.525. The maximum atomic E-state index is 11.9. The molecule has 0 bridgehead atoms. The minimum Gasteiger partial charge on any atom is -0.282 e. The topological polar surface area (TPSA) is 17.1 Å². The van der Waals surface area contributed by atoms with Crippen molar-refractivity contribution in [2.75, 3.05) is 0 Å². The number of carbonyl (C=O) groups excluding carboxylic acids is 1. The van der Waals surface area contributed by atoms with Crippen LogP contribution in [0.4, 0.5) is 0 Å². The van der Waals surface area contributed by atoms with Crippen LogP contribution in [0.15, 0.2) is 54.6 Å². The Morgan fingerprint density at radius 2 is 1.65 bits per heavy atom. The van der Waals surface area contributed by atoms with E-state index < -0.39 is 0 Å². The SMILES string of the molecule is O=C(SCc1ccccc1)c1ccccc1Cl. The Balaban J connectivity index is 2.01. The van der Waals surface area contributed by atoms with Gasteiger partial charge in [-0.15, -0.1) is 0 Å². The lowest BCUT2D eigenvalue weighted by Gasteiger charge is -2.03. The van der Waals surface area contributed by atoms with Crippen LogP contribution < -0.4 is 0 Å². The van der Waals surface area contributed by atoms with E-state index in [2.05, 4.69) is 0 Å². The average Bonchev–Trinajstić information content (AvgIpc) is 2.38. The van der Waals surface area contributed by atoms with Crippen molar-refractivity contribution in [3.8, 4) is 0 Å². The van der Waals surface area contributed by atoms with Gasteiger partial charge in [0.15, 0.2) is 0 Å². The molecule has 0 aliphatic heterocycles. The van der Waals surface area contributed by atoms with Gasteiger partial charge in [0.1, 0.15) is 0 Å². The molecule has 2 aromatic carbocycles. The van der Waals surface area contributed by atoms with E-state index in [0.717, 1.165) is 5.56 Å². The molecule has 0 aliphatic carbocycles. The molecule has 0 spiro atoms. The smallest absolute Gasteiger partial charge is 0.221 e. The molecule has 0 saturated carbocycles. The second-order valence-electron chi connectivity index (χ2n) is 3.54. The highest BCUT2D eigenvalue weighted by Gasteiger charge is 2.09. The van der Waals surface area contributed by atoms with E-state index in [1.807, 2.05) is 42.5 Å². The van der Waals surface area contributed by atoms with E-state index in [-0.39, 0.29) is 5.12 Å². The molecule has 17 heavy (non-hydrogen) atoms. The van der Waals surface area contributed by atoms with Gasteiger partial charge in [-0.2, -0.15) is 0 Å². The Bertz CT molecular complexity index is 511. The molecule has 2 aromatic rings. The third kappa shape index (κ3) is 3.35. The van der Waals surface area contributed by atoms with E-state index in [1.54, 1.807) is 12.1 Å². The molecule has 0 unspecified atom stereocenters. The zero-order valence-corrected chi connectivity index (χ0v) is 10.7. The van der Waals surface area contributed by atoms with Gasteiger partial charge in [-0.3, -0.25) is 4.79 Å². The molecule has 0 amide bonds. The number of carbonyl (C=O) groups is 1. The van der Waals surface area contributed by atoms with Crippen LogP contribution in [-0.2, 0) is 5.75 Å². The van der Waals surface area contributed by atoms with Crippen molar-refractivity contribution < 1.29 is 4.79 Å². The molecule has 0 aliphatic rings. The first kappa shape index (κ1) is 12.2. The van der Waals surface area contributed by atoms with Crippen molar-refractivity contribution in [3.05, 3.63) is 70.7 Å². The average molecular weight is 263 g/mol. The summed E-state index contributed by atoms with van der Waals surface area (Å²) in [6.07, 6.45) is 0. The molecule has 86 valence electrons. The lowest BCUT2D eigenvalue weighted by molar-refractivity contribution is 0.108.